The lowest BCUT2D eigenvalue weighted by atomic mass is 10.0. The van der Waals surface area contributed by atoms with Crippen molar-refractivity contribution in [3.05, 3.63) is 97.2 Å². The fraction of sp³-hybridized carbons (Fsp3) is 0.702. The lowest BCUT2D eigenvalue weighted by Gasteiger charge is -2.20. The molecule has 0 aliphatic carbocycles. The summed E-state index contributed by atoms with van der Waals surface area (Å²) in [5.41, 5.74) is 0. The van der Waals surface area contributed by atoms with Gasteiger partial charge in [0.25, 0.3) is 0 Å². The summed E-state index contributed by atoms with van der Waals surface area (Å²) in [4.78, 5) is 12.4. The van der Waals surface area contributed by atoms with E-state index in [9.17, 15) is 15.0 Å². The maximum absolute atomic E-state index is 12.4. The molecule has 0 spiro atoms. The normalized spacial score (nSPS) is 13.7. The van der Waals surface area contributed by atoms with E-state index >= 15 is 0 Å². The first kappa shape index (κ1) is 58.3. The monoisotopic (exact) mass is 846 g/mol. The molecular formula is C57H99NO3. The zero-order valence-electron chi connectivity index (χ0n) is 40.2. The quantitative estimate of drug-likeness (QED) is 0.0422. The first-order valence-electron chi connectivity index (χ1n) is 26.0. The first-order valence-corrected chi connectivity index (χ1v) is 26.0. The molecule has 4 heteroatoms. The summed E-state index contributed by atoms with van der Waals surface area (Å²) in [6, 6.07) is -0.632. The van der Waals surface area contributed by atoms with Crippen LogP contribution < -0.4 is 5.32 Å². The number of hydrogen-bond donors (Lipinski definition) is 3. The predicted molar refractivity (Wildman–Crippen MR) is 271 cm³/mol. The van der Waals surface area contributed by atoms with E-state index in [-0.39, 0.29) is 12.5 Å². The van der Waals surface area contributed by atoms with Gasteiger partial charge in [-0.2, -0.15) is 0 Å². The van der Waals surface area contributed by atoms with Crippen molar-refractivity contribution in [2.24, 2.45) is 0 Å². The van der Waals surface area contributed by atoms with Crippen molar-refractivity contribution >= 4 is 5.91 Å². The van der Waals surface area contributed by atoms with Gasteiger partial charge in [0.15, 0.2) is 0 Å². The predicted octanol–water partition coefficient (Wildman–Crippen LogP) is 17.0. The second-order valence-corrected chi connectivity index (χ2v) is 17.2. The minimum Gasteiger partial charge on any atom is -0.394 e. The molecule has 0 heterocycles. The van der Waals surface area contributed by atoms with Crippen LogP contribution in [-0.4, -0.2) is 34.9 Å². The van der Waals surface area contributed by atoms with Gasteiger partial charge in [-0.15, -0.1) is 0 Å². The Bertz CT molecular complexity index is 1140. The Balaban J connectivity index is 3.60. The van der Waals surface area contributed by atoms with Gasteiger partial charge in [-0.1, -0.05) is 252 Å². The molecule has 2 atom stereocenters. The highest BCUT2D eigenvalue weighted by Gasteiger charge is 2.18. The third-order valence-corrected chi connectivity index (χ3v) is 11.3. The molecule has 0 aliphatic rings. The highest BCUT2D eigenvalue weighted by atomic mass is 16.3. The topological polar surface area (TPSA) is 69.6 Å². The van der Waals surface area contributed by atoms with Crippen molar-refractivity contribution in [1.82, 2.24) is 5.32 Å². The van der Waals surface area contributed by atoms with Crippen molar-refractivity contribution in [1.29, 1.82) is 0 Å². The third kappa shape index (κ3) is 48.2. The number of carbonyl (C=O) groups excluding carboxylic acids is 1. The number of hydrogen-bond acceptors (Lipinski definition) is 3. The van der Waals surface area contributed by atoms with Gasteiger partial charge in [-0.3, -0.25) is 4.79 Å². The molecule has 0 radical (unpaired) electrons. The maximum Gasteiger partial charge on any atom is 0.220 e. The lowest BCUT2D eigenvalue weighted by molar-refractivity contribution is -0.123. The lowest BCUT2D eigenvalue weighted by Crippen LogP contribution is -2.45. The SMILES string of the molecule is CC/C=C\C/C=C\C/C=C\C/C=C\C/C=C\C/C=C\C/C=C\CCCCCCCCCCCC(=O)NC(CO)C(O)/C=C/CCCCCCCCCCCCCCCCCC. The van der Waals surface area contributed by atoms with E-state index in [4.69, 9.17) is 0 Å². The van der Waals surface area contributed by atoms with E-state index in [0.717, 1.165) is 70.6 Å². The van der Waals surface area contributed by atoms with Crippen molar-refractivity contribution in [3.63, 3.8) is 0 Å². The Hall–Kier alpha value is -2.69. The van der Waals surface area contributed by atoms with Crippen LogP contribution in [-0.2, 0) is 4.79 Å². The van der Waals surface area contributed by atoms with Crippen LogP contribution >= 0.6 is 0 Å². The minimum atomic E-state index is -0.848. The van der Waals surface area contributed by atoms with Crippen LogP contribution in [0.15, 0.2) is 97.2 Å². The van der Waals surface area contributed by atoms with Gasteiger partial charge in [-0.25, -0.2) is 0 Å². The average molecular weight is 846 g/mol. The summed E-state index contributed by atoms with van der Waals surface area (Å²) in [6.45, 7) is 4.20. The number of nitrogens with one attached hydrogen (secondary N) is 1. The van der Waals surface area contributed by atoms with Crippen molar-refractivity contribution in [2.45, 2.75) is 251 Å². The van der Waals surface area contributed by atoms with Crippen LogP contribution in [0.4, 0.5) is 0 Å². The molecule has 0 fully saturated rings. The molecule has 0 saturated carbocycles. The molecule has 0 aromatic carbocycles. The standard InChI is InChI=1S/C57H99NO3/c1-3-5-7-9-11-13-15-17-19-21-23-24-25-26-27-28-29-30-31-32-33-34-35-37-39-41-43-45-47-49-51-53-57(61)58-55(54-59)56(60)52-50-48-46-44-42-40-38-36-22-20-18-16-14-12-10-8-6-4-2/h5,7,11,13,17,19,23-24,26-27,29-30,32-33,50,52,55-56,59-60H,3-4,6,8-10,12,14-16,18,20-22,25,28,31,34-49,51,53-54H2,1-2H3,(H,58,61)/b7-5-,13-11-,19-17-,24-23-,27-26-,30-29-,33-32-,52-50+. The van der Waals surface area contributed by atoms with Gasteiger partial charge < -0.3 is 15.5 Å². The van der Waals surface area contributed by atoms with Crippen LogP contribution in [0.5, 0.6) is 0 Å². The Morgan fingerprint density at radius 2 is 0.721 bits per heavy atom. The molecular weight excluding hydrogens is 747 g/mol. The van der Waals surface area contributed by atoms with E-state index in [1.807, 2.05) is 6.08 Å². The van der Waals surface area contributed by atoms with Crippen LogP contribution in [0.1, 0.15) is 239 Å². The molecule has 1 amide bonds. The minimum absolute atomic E-state index is 0.0734. The smallest absolute Gasteiger partial charge is 0.220 e. The van der Waals surface area contributed by atoms with E-state index in [1.54, 1.807) is 6.08 Å². The number of rotatable bonds is 46. The maximum atomic E-state index is 12.4. The van der Waals surface area contributed by atoms with Crippen LogP contribution in [0.3, 0.4) is 0 Å². The zero-order valence-corrected chi connectivity index (χ0v) is 40.2. The second kappa shape index (κ2) is 51.7. The fourth-order valence-electron chi connectivity index (χ4n) is 7.39. The summed E-state index contributed by atoms with van der Waals surface area (Å²) < 4.78 is 0. The summed E-state index contributed by atoms with van der Waals surface area (Å²) in [5.74, 6) is -0.0734. The van der Waals surface area contributed by atoms with E-state index < -0.39 is 12.1 Å². The number of aliphatic hydroxyl groups excluding tert-OH is 2. The third-order valence-electron chi connectivity index (χ3n) is 11.3. The van der Waals surface area contributed by atoms with Crippen LogP contribution in [0, 0.1) is 0 Å². The first-order chi connectivity index (χ1) is 30.2. The molecule has 0 aromatic heterocycles. The number of allylic oxidation sites excluding steroid dienone is 15. The van der Waals surface area contributed by atoms with E-state index in [2.05, 4.69) is 104 Å². The second-order valence-electron chi connectivity index (χ2n) is 17.2. The molecule has 0 aromatic rings. The average Bonchev–Trinajstić information content (AvgIpc) is 3.26. The van der Waals surface area contributed by atoms with Gasteiger partial charge in [0.2, 0.25) is 5.91 Å². The Labute approximate surface area is 379 Å². The van der Waals surface area contributed by atoms with Crippen molar-refractivity contribution in [3.8, 4) is 0 Å². The van der Waals surface area contributed by atoms with Crippen molar-refractivity contribution < 1.29 is 15.0 Å². The fourth-order valence-corrected chi connectivity index (χ4v) is 7.39. The molecule has 350 valence electrons. The Kier molecular flexibility index (Phi) is 49.4. The molecule has 2 unspecified atom stereocenters. The van der Waals surface area contributed by atoms with E-state index in [0.29, 0.717) is 6.42 Å². The summed E-state index contributed by atoms with van der Waals surface area (Å²) in [5, 5.41) is 23.1. The summed E-state index contributed by atoms with van der Waals surface area (Å²) in [7, 11) is 0. The van der Waals surface area contributed by atoms with Gasteiger partial charge in [0.1, 0.15) is 0 Å². The van der Waals surface area contributed by atoms with Gasteiger partial charge in [-0.05, 0) is 77.0 Å². The summed E-state index contributed by atoms with van der Waals surface area (Å²) in [6.07, 6.45) is 76.8. The number of amides is 1. The van der Waals surface area contributed by atoms with E-state index in [1.165, 1.54) is 148 Å². The Morgan fingerprint density at radius 3 is 1.08 bits per heavy atom. The van der Waals surface area contributed by atoms with Gasteiger partial charge in [0, 0.05) is 6.42 Å². The molecule has 0 aliphatic heterocycles. The van der Waals surface area contributed by atoms with Crippen molar-refractivity contribution in [2.75, 3.05) is 6.61 Å². The summed E-state index contributed by atoms with van der Waals surface area (Å²) >= 11 is 0. The van der Waals surface area contributed by atoms with Gasteiger partial charge >= 0.3 is 0 Å². The Morgan fingerprint density at radius 1 is 0.410 bits per heavy atom. The number of carbonyl (C=O) groups is 1. The van der Waals surface area contributed by atoms with Gasteiger partial charge in [0.05, 0.1) is 18.8 Å². The molecule has 61 heavy (non-hydrogen) atoms. The number of aliphatic hydroxyl groups is 2. The van der Waals surface area contributed by atoms with Crippen LogP contribution in [0.2, 0.25) is 0 Å². The molecule has 0 saturated heterocycles. The molecule has 4 nitrogen and oxygen atoms in total. The molecule has 0 rings (SSSR count). The van der Waals surface area contributed by atoms with Crippen LogP contribution in [0.25, 0.3) is 0 Å². The molecule has 3 N–H and O–H groups in total. The highest BCUT2D eigenvalue weighted by molar-refractivity contribution is 5.76. The zero-order chi connectivity index (χ0) is 44.2. The largest absolute Gasteiger partial charge is 0.394 e. The molecule has 0 bridgehead atoms. The number of unbranched alkanes of at least 4 members (excludes halogenated alkanes) is 25. The highest BCUT2D eigenvalue weighted by Crippen LogP contribution is 2.15.